The number of aromatic nitrogens is 2. The van der Waals surface area contributed by atoms with Gasteiger partial charge in [-0.1, -0.05) is 0 Å². The van der Waals surface area contributed by atoms with Crippen LogP contribution in [0.2, 0.25) is 0 Å². The third-order valence-corrected chi connectivity index (χ3v) is 2.45. The van der Waals surface area contributed by atoms with Crippen LogP contribution in [-0.2, 0) is 0 Å². The fourth-order valence-corrected chi connectivity index (χ4v) is 1.61. The van der Waals surface area contributed by atoms with E-state index in [4.69, 9.17) is 4.74 Å². The molecule has 4 heteroatoms. The van der Waals surface area contributed by atoms with Gasteiger partial charge in [-0.2, -0.15) is 0 Å². The van der Waals surface area contributed by atoms with E-state index in [9.17, 15) is 4.79 Å². The Bertz CT molecular complexity index is 517. The minimum Gasteiger partial charge on any atom is -0.497 e. The number of nitrogens with zero attached hydrogens (tertiary/aromatic N) is 2. The topological polar surface area (TPSA) is 44.1 Å². The highest BCUT2D eigenvalue weighted by Crippen LogP contribution is 2.20. The van der Waals surface area contributed by atoms with Gasteiger partial charge in [0.15, 0.2) is 6.29 Å². The van der Waals surface area contributed by atoms with E-state index >= 15 is 0 Å². The largest absolute Gasteiger partial charge is 0.497 e. The Balaban J connectivity index is 2.57. The molecule has 0 aliphatic heterocycles. The van der Waals surface area contributed by atoms with Crippen molar-refractivity contribution in [2.45, 2.75) is 6.92 Å². The molecule has 0 amide bonds. The van der Waals surface area contributed by atoms with E-state index in [1.807, 2.05) is 29.8 Å². The standard InChI is InChI=1S/C12H12N2O2/c1-9-13-5-6-14(9)12-4-3-11(16-2)7-10(12)8-15/h3-8H,1-2H3. The molecule has 16 heavy (non-hydrogen) atoms. The number of aldehydes is 1. The number of ether oxygens (including phenoxy) is 1. The highest BCUT2D eigenvalue weighted by molar-refractivity contribution is 5.81. The van der Waals surface area contributed by atoms with Crippen LogP contribution in [0.1, 0.15) is 16.2 Å². The number of hydrogen-bond acceptors (Lipinski definition) is 3. The zero-order valence-corrected chi connectivity index (χ0v) is 9.18. The molecule has 0 atom stereocenters. The van der Waals surface area contributed by atoms with Crippen molar-refractivity contribution >= 4 is 6.29 Å². The van der Waals surface area contributed by atoms with E-state index in [1.54, 1.807) is 19.4 Å². The molecule has 82 valence electrons. The van der Waals surface area contributed by atoms with Crippen molar-refractivity contribution in [3.05, 3.63) is 42.0 Å². The lowest BCUT2D eigenvalue weighted by atomic mass is 10.2. The SMILES string of the molecule is COc1ccc(-n2ccnc2C)c(C=O)c1. The molecule has 0 aliphatic rings. The van der Waals surface area contributed by atoms with Gasteiger partial charge in [-0.05, 0) is 25.1 Å². The first-order chi connectivity index (χ1) is 7.76. The first kappa shape index (κ1) is 10.4. The van der Waals surface area contributed by atoms with Gasteiger partial charge in [-0.3, -0.25) is 4.79 Å². The Hall–Kier alpha value is -2.10. The third kappa shape index (κ3) is 1.69. The number of benzene rings is 1. The number of methoxy groups -OCH3 is 1. The van der Waals surface area contributed by atoms with Crippen molar-refractivity contribution in [2.24, 2.45) is 0 Å². The zero-order chi connectivity index (χ0) is 11.5. The molecule has 0 N–H and O–H groups in total. The molecule has 0 unspecified atom stereocenters. The Morgan fingerprint density at radius 1 is 1.44 bits per heavy atom. The van der Waals surface area contributed by atoms with Gasteiger partial charge in [0.2, 0.25) is 0 Å². The van der Waals surface area contributed by atoms with Crippen LogP contribution in [0.25, 0.3) is 5.69 Å². The quantitative estimate of drug-likeness (QED) is 0.737. The molecule has 1 aromatic heterocycles. The van der Waals surface area contributed by atoms with Gasteiger partial charge >= 0.3 is 0 Å². The van der Waals surface area contributed by atoms with Crippen LogP contribution >= 0.6 is 0 Å². The maximum atomic E-state index is 11.0. The van der Waals surface area contributed by atoms with E-state index in [1.165, 1.54) is 0 Å². The van der Waals surface area contributed by atoms with Crippen LogP contribution in [0.3, 0.4) is 0 Å². The van der Waals surface area contributed by atoms with Gasteiger partial charge in [0.25, 0.3) is 0 Å². The molecule has 1 aromatic carbocycles. The second kappa shape index (κ2) is 4.18. The second-order valence-corrected chi connectivity index (χ2v) is 3.39. The van der Waals surface area contributed by atoms with Gasteiger partial charge in [0.1, 0.15) is 11.6 Å². The van der Waals surface area contributed by atoms with Gasteiger partial charge in [-0.15, -0.1) is 0 Å². The van der Waals surface area contributed by atoms with Crippen LogP contribution in [-0.4, -0.2) is 22.9 Å². The average molecular weight is 216 g/mol. The van der Waals surface area contributed by atoms with E-state index in [0.717, 1.165) is 17.8 Å². The van der Waals surface area contributed by atoms with Crippen molar-refractivity contribution in [2.75, 3.05) is 7.11 Å². The molecule has 1 heterocycles. The summed E-state index contributed by atoms with van der Waals surface area (Å²) in [7, 11) is 1.58. The third-order valence-electron chi connectivity index (χ3n) is 2.45. The summed E-state index contributed by atoms with van der Waals surface area (Å²) in [6, 6.07) is 5.38. The van der Waals surface area contributed by atoms with E-state index in [-0.39, 0.29) is 0 Å². The van der Waals surface area contributed by atoms with Crippen LogP contribution < -0.4 is 4.74 Å². The number of carbonyl (C=O) groups is 1. The van der Waals surface area contributed by atoms with Crippen LogP contribution in [0.15, 0.2) is 30.6 Å². The van der Waals surface area contributed by atoms with Crippen molar-refractivity contribution in [1.82, 2.24) is 9.55 Å². The molecular weight excluding hydrogens is 204 g/mol. The molecular formula is C12H12N2O2. The molecule has 0 radical (unpaired) electrons. The molecule has 0 fully saturated rings. The lowest BCUT2D eigenvalue weighted by Gasteiger charge is -2.09. The first-order valence-electron chi connectivity index (χ1n) is 4.90. The summed E-state index contributed by atoms with van der Waals surface area (Å²) in [5, 5.41) is 0. The molecule has 2 rings (SSSR count). The highest BCUT2D eigenvalue weighted by Gasteiger charge is 2.07. The Morgan fingerprint density at radius 3 is 2.81 bits per heavy atom. The molecule has 0 saturated carbocycles. The normalized spacial score (nSPS) is 10.1. The summed E-state index contributed by atoms with van der Waals surface area (Å²) < 4.78 is 6.94. The Labute approximate surface area is 93.5 Å². The smallest absolute Gasteiger partial charge is 0.152 e. The van der Waals surface area contributed by atoms with Crippen molar-refractivity contribution < 1.29 is 9.53 Å². The van der Waals surface area contributed by atoms with Crippen LogP contribution in [0, 0.1) is 6.92 Å². The fourth-order valence-electron chi connectivity index (χ4n) is 1.61. The van der Waals surface area contributed by atoms with E-state index < -0.39 is 0 Å². The molecule has 0 saturated heterocycles. The minimum atomic E-state index is 0.584. The predicted molar refractivity (Wildman–Crippen MR) is 60.2 cm³/mol. The summed E-state index contributed by atoms with van der Waals surface area (Å²) >= 11 is 0. The number of hydrogen-bond donors (Lipinski definition) is 0. The van der Waals surface area contributed by atoms with E-state index in [2.05, 4.69) is 4.98 Å². The molecule has 0 bridgehead atoms. The summed E-state index contributed by atoms with van der Waals surface area (Å²) in [4.78, 5) is 15.1. The number of rotatable bonds is 3. The van der Waals surface area contributed by atoms with Crippen molar-refractivity contribution in [3.8, 4) is 11.4 Å². The van der Waals surface area contributed by atoms with Crippen LogP contribution in [0.4, 0.5) is 0 Å². The number of carbonyl (C=O) groups excluding carboxylic acids is 1. The lowest BCUT2D eigenvalue weighted by molar-refractivity contribution is 0.112. The van der Waals surface area contributed by atoms with Crippen LogP contribution in [0.5, 0.6) is 5.75 Å². The Morgan fingerprint density at radius 2 is 2.25 bits per heavy atom. The van der Waals surface area contributed by atoms with Crippen molar-refractivity contribution in [1.29, 1.82) is 0 Å². The van der Waals surface area contributed by atoms with Gasteiger partial charge in [0, 0.05) is 18.0 Å². The van der Waals surface area contributed by atoms with Crippen molar-refractivity contribution in [3.63, 3.8) is 0 Å². The monoisotopic (exact) mass is 216 g/mol. The Kier molecular flexibility index (Phi) is 2.72. The predicted octanol–water partition coefficient (Wildman–Crippen LogP) is 2.00. The number of aryl methyl sites for hydroxylation is 1. The minimum absolute atomic E-state index is 0.584. The average Bonchev–Trinajstić information content (AvgIpc) is 2.74. The first-order valence-corrected chi connectivity index (χ1v) is 4.90. The zero-order valence-electron chi connectivity index (χ0n) is 9.18. The number of imidazole rings is 1. The van der Waals surface area contributed by atoms with E-state index in [0.29, 0.717) is 11.3 Å². The fraction of sp³-hybridized carbons (Fsp3) is 0.167. The van der Waals surface area contributed by atoms with Gasteiger partial charge < -0.3 is 9.30 Å². The maximum absolute atomic E-state index is 11.0. The molecule has 2 aromatic rings. The summed E-state index contributed by atoms with van der Waals surface area (Å²) in [5.74, 6) is 1.51. The molecule has 0 spiro atoms. The highest BCUT2D eigenvalue weighted by atomic mass is 16.5. The van der Waals surface area contributed by atoms with Gasteiger partial charge in [0.05, 0.1) is 12.8 Å². The summed E-state index contributed by atoms with van der Waals surface area (Å²) in [6.07, 6.45) is 4.34. The van der Waals surface area contributed by atoms with Gasteiger partial charge in [-0.25, -0.2) is 4.98 Å². The molecule has 0 aliphatic carbocycles. The lowest BCUT2D eigenvalue weighted by Crippen LogP contribution is -2.00. The maximum Gasteiger partial charge on any atom is 0.152 e. The summed E-state index contributed by atoms with van der Waals surface area (Å²) in [5.41, 5.74) is 1.39. The summed E-state index contributed by atoms with van der Waals surface area (Å²) in [6.45, 7) is 1.89. The second-order valence-electron chi connectivity index (χ2n) is 3.39. The molecule has 4 nitrogen and oxygen atoms in total.